The molecule has 1 N–H and O–H groups in total. The lowest BCUT2D eigenvalue weighted by Crippen LogP contribution is -2.02. The van der Waals surface area contributed by atoms with Gasteiger partial charge in [0.15, 0.2) is 9.84 Å². The van der Waals surface area contributed by atoms with Gasteiger partial charge in [0, 0.05) is 31.1 Å². The maximum atomic E-state index is 11.6. The summed E-state index contributed by atoms with van der Waals surface area (Å²) in [5, 5.41) is 7.88. The first kappa shape index (κ1) is 15.9. The van der Waals surface area contributed by atoms with Crippen LogP contribution in [0.2, 0.25) is 5.02 Å². The molecular formula is C14H18ClN3O2S. The van der Waals surface area contributed by atoms with E-state index in [-0.39, 0.29) is 4.90 Å². The fourth-order valence-corrected chi connectivity index (χ4v) is 2.75. The molecule has 7 heteroatoms. The molecule has 21 heavy (non-hydrogen) atoms. The van der Waals surface area contributed by atoms with E-state index in [0.717, 1.165) is 18.5 Å². The average Bonchev–Trinajstić information content (AvgIpc) is 2.84. The number of rotatable bonds is 6. The van der Waals surface area contributed by atoms with Gasteiger partial charge in [-0.1, -0.05) is 18.5 Å². The Morgan fingerprint density at radius 2 is 2.14 bits per heavy atom. The predicted molar refractivity (Wildman–Crippen MR) is 84.4 cm³/mol. The summed E-state index contributed by atoms with van der Waals surface area (Å²) < 4.78 is 25.0. The van der Waals surface area contributed by atoms with E-state index in [2.05, 4.69) is 17.3 Å². The smallest absolute Gasteiger partial charge is 0.175 e. The molecule has 2 aromatic rings. The molecule has 0 aliphatic heterocycles. The number of hydrogen-bond acceptors (Lipinski definition) is 4. The van der Waals surface area contributed by atoms with Crippen molar-refractivity contribution in [2.75, 3.05) is 11.6 Å². The van der Waals surface area contributed by atoms with Crippen LogP contribution in [0, 0.1) is 0 Å². The average molecular weight is 328 g/mol. The number of benzene rings is 1. The lowest BCUT2D eigenvalue weighted by atomic mass is 10.3. The molecule has 0 radical (unpaired) electrons. The van der Waals surface area contributed by atoms with Crippen molar-refractivity contribution in [2.45, 2.75) is 31.3 Å². The van der Waals surface area contributed by atoms with Crippen LogP contribution in [0.5, 0.6) is 0 Å². The molecule has 0 aliphatic carbocycles. The van der Waals surface area contributed by atoms with Crippen molar-refractivity contribution in [3.05, 3.63) is 41.2 Å². The molecule has 1 aromatic carbocycles. The lowest BCUT2D eigenvalue weighted by Gasteiger charge is -2.09. The Hall–Kier alpha value is -1.53. The third-order valence-electron chi connectivity index (χ3n) is 2.99. The topological polar surface area (TPSA) is 64.0 Å². The lowest BCUT2D eigenvalue weighted by molar-refractivity contribution is 0.602. The van der Waals surface area contributed by atoms with E-state index in [0.29, 0.717) is 17.3 Å². The van der Waals surface area contributed by atoms with Crippen molar-refractivity contribution >= 4 is 27.1 Å². The van der Waals surface area contributed by atoms with E-state index in [9.17, 15) is 8.42 Å². The van der Waals surface area contributed by atoms with Crippen molar-refractivity contribution in [3.63, 3.8) is 0 Å². The Morgan fingerprint density at radius 1 is 1.38 bits per heavy atom. The summed E-state index contributed by atoms with van der Waals surface area (Å²) in [6.07, 6.45) is 5.95. The quantitative estimate of drug-likeness (QED) is 0.886. The highest BCUT2D eigenvalue weighted by Crippen LogP contribution is 2.25. The summed E-state index contributed by atoms with van der Waals surface area (Å²) in [4.78, 5) is 0.246. The molecule has 0 bridgehead atoms. The van der Waals surface area contributed by atoms with Gasteiger partial charge in [-0.3, -0.25) is 4.68 Å². The van der Waals surface area contributed by atoms with Crippen molar-refractivity contribution in [1.82, 2.24) is 9.78 Å². The van der Waals surface area contributed by atoms with Gasteiger partial charge in [-0.25, -0.2) is 8.42 Å². The highest BCUT2D eigenvalue weighted by Gasteiger charge is 2.10. The number of halogens is 1. The molecule has 0 saturated heterocycles. The van der Waals surface area contributed by atoms with Crippen LogP contribution in [-0.4, -0.2) is 24.5 Å². The normalized spacial score (nSPS) is 11.6. The van der Waals surface area contributed by atoms with Gasteiger partial charge < -0.3 is 5.32 Å². The van der Waals surface area contributed by atoms with Crippen LogP contribution in [-0.2, 0) is 22.9 Å². The Morgan fingerprint density at radius 3 is 2.81 bits per heavy atom. The van der Waals surface area contributed by atoms with Crippen LogP contribution in [0.25, 0.3) is 0 Å². The van der Waals surface area contributed by atoms with Gasteiger partial charge in [-0.2, -0.15) is 5.10 Å². The minimum absolute atomic E-state index is 0.246. The number of sulfone groups is 1. The first-order chi connectivity index (χ1) is 9.90. The summed E-state index contributed by atoms with van der Waals surface area (Å²) in [7, 11) is -3.24. The molecule has 114 valence electrons. The largest absolute Gasteiger partial charge is 0.380 e. The monoisotopic (exact) mass is 327 g/mol. The second-order valence-corrected chi connectivity index (χ2v) is 7.30. The van der Waals surface area contributed by atoms with Gasteiger partial charge in [0.2, 0.25) is 0 Å². The van der Waals surface area contributed by atoms with E-state index in [1.165, 1.54) is 12.3 Å². The van der Waals surface area contributed by atoms with E-state index in [1.807, 2.05) is 10.9 Å². The second kappa shape index (κ2) is 6.49. The number of aromatic nitrogens is 2. The molecule has 0 amide bonds. The van der Waals surface area contributed by atoms with Crippen LogP contribution < -0.4 is 5.32 Å². The fourth-order valence-electron chi connectivity index (χ4n) is 1.92. The fraction of sp³-hybridized carbons (Fsp3) is 0.357. The van der Waals surface area contributed by atoms with Crippen molar-refractivity contribution in [3.8, 4) is 0 Å². The molecule has 0 saturated carbocycles. The number of nitrogens with one attached hydrogen (secondary N) is 1. The van der Waals surface area contributed by atoms with Gasteiger partial charge in [0.25, 0.3) is 0 Å². The summed E-state index contributed by atoms with van der Waals surface area (Å²) >= 11 is 6.09. The van der Waals surface area contributed by atoms with E-state index in [1.54, 1.807) is 18.3 Å². The van der Waals surface area contributed by atoms with Gasteiger partial charge in [0.05, 0.1) is 21.8 Å². The predicted octanol–water partition coefficient (Wildman–Crippen LogP) is 2.96. The summed E-state index contributed by atoms with van der Waals surface area (Å²) in [5.41, 5.74) is 1.62. The Kier molecular flexibility index (Phi) is 4.90. The number of anilines is 1. The van der Waals surface area contributed by atoms with Crippen LogP contribution in [0.1, 0.15) is 18.9 Å². The summed E-state index contributed by atoms with van der Waals surface area (Å²) in [6, 6.07) is 4.64. The molecule has 1 heterocycles. The summed E-state index contributed by atoms with van der Waals surface area (Å²) in [6.45, 7) is 3.51. The molecule has 1 aromatic heterocycles. The van der Waals surface area contributed by atoms with Gasteiger partial charge >= 0.3 is 0 Å². The molecule has 5 nitrogen and oxygen atoms in total. The standard InChI is InChI=1S/C14H18ClN3O2S/c1-3-6-18-10-11(9-17-18)8-16-14-7-12(21(2,19)20)4-5-13(14)15/h4-5,7,9-10,16H,3,6,8H2,1-2H3. The molecular weight excluding hydrogens is 310 g/mol. The summed E-state index contributed by atoms with van der Waals surface area (Å²) in [5.74, 6) is 0. The molecule has 2 rings (SSSR count). The SMILES string of the molecule is CCCn1cc(CNc2cc(S(C)(=O)=O)ccc2Cl)cn1. The minimum Gasteiger partial charge on any atom is -0.380 e. The van der Waals surface area contributed by atoms with Gasteiger partial charge in [-0.05, 0) is 24.6 Å². The Labute approximate surface area is 129 Å². The van der Waals surface area contributed by atoms with Gasteiger partial charge in [0.1, 0.15) is 0 Å². The zero-order chi connectivity index (χ0) is 15.5. The zero-order valence-corrected chi connectivity index (χ0v) is 13.6. The van der Waals surface area contributed by atoms with E-state index < -0.39 is 9.84 Å². The first-order valence-corrected chi connectivity index (χ1v) is 8.92. The Balaban J connectivity index is 2.12. The van der Waals surface area contributed by atoms with E-state index >= 15 is 0 Å². The molecule has 0 atom stereocenters. The third-order valence-corrected chi connectivity index (χ3v) is 4.43. The van der Waals surface area contributed by atoms with Gasteiger partial charge in [-0.15, -0.1) is 0 Å². The number of hydrogen-bond donors (Lipinski definition) is 1. The second-order valence-electron chi connectivity index (χ2n) is 4.88. The molecule has 0 unspecified atom stereocenters. The van der Waals surface area contributed by atoms with Crippen LogP contribution in [0.4, 0.5) is 5.69 Å². The minimum atomic E-state index is -3.24. The maximum Gasteiger partial charge on any atom is 0.175 e. The highest BCUT2D eigenvalue weighted by molar-refractivity contribution is 7.90. The number of aryl methyl sites for hydroxylation is 1. The maximum absolute atomic E-state index is 11.6. The van der Waals surface area contributed by atoms with Crippen molar-refractivity contribution < 1.29 is 8.42 Å². The first-order valence-electron chi connectivity index (χ1n) is 6.65. The van der Waals surface area contributed by atoms with Crippen LogP contribution in [0.3, 0.4) is 0 Å². The van der Waals surface area contributed by atoms with Crippen LogP contribution >= 0.6 is 11.6 Å². The molecule has 0 aliphatic rings. The molecule has 0 fully saturated rings. The third kappa shape index (κ3) is 4.22. The van der Waals surface area contributed by atoms with E-state index in [4.69, 9.17) is 11.6 Å². The zero-order valence-electron chi connectivity index (χ0n) is 12.0. The number of nitrogens with zero attached hydrogens (tertiary/aromatic N) is 2. The Bertz CT molecular complexity index is 726. The highest BCUT2D eigenvalue weighted by atomic mass is 35.5. The van der Waals surface area contributed by atoms with Crippen molar-refractivity contribution in [1.29, 1.82) is 0 Å². The van der Waals surface area contributed by atoms with Crippen molar-refractivity contribution in [2.24, 2.45) is 0 Å². The van der Waals surface area contributed by atoms with Crippen LogP contribution in [0.15, 0.2) is 35.5 Å². The molecule has 0 spiro atoms.